The first-order valence-corrected chi connectivity index (χ1v) is 10.1. The van der Waals surface area contributed by atoms with Gasteiger partial charge >= 0.3 is 0 Å². The average molecular weight is 384 g/mol. The van der Waals surface area contributed by atoms with Crippen LogP contribution in [0.15, 0.2) is 35.1 Å². The zero-order valence-corrected chi connectivity index (χ0v) is 15.9. The summed E-state index contributed by atoms with van der Waals surface area (Å²) in [4.78, 5) is 12.1. The molecule has 0 atom stereocenters. The minimum atomic E-state index is -3.75. The quantitative estimate of drug-likeness (QED) is 0.716. The molecule has 0 amide bonds. The molecule has 0 saturated heterocycles. The zero-order valence-electron chi connectivity index (χ0n) is 15.1. The number of aromatic amines is 1. The zero-order chi connectivity index (χ0) is 19.3. The summed E-state index contributed by atoms with van der Waals surface area (Å²) in [5, 5.41) is 13.6. The van der Waals surface area contributed by atoms with Crippen molar-refractivity contribution in [1.82, 2.24) is 10.2 Å². The number of nitrogens with zero attached hydrogens (tertiary/aromatic N) is 2. The molecule has 0 radical (unpaired) electrons. The van der Waals surface area contributed by atoms with E-state index in [0.717, 1.165) is 33.3 Å². The van der Waals surface area contributed by atoms with Gasteiger partial charge < -0.3 is 0 Å². The lowest BCUT2D eigenvalue weighted by molar-refractivity contribution is 0.594. The fourth-order valence-corrected chi connectivity index (χ4v) is 4.41. The molecule has 27 heavy (non-hydrogen) atoms. The highest BCUT2D eigenvalue weighted by Gasteiger charge is 2.26. The molecular weight excluding hydrogens is 364 g/mol. The van der Waals surface area contributed by atoms with Gasteiger partial charge in [-0.3, -0.25) is 9.10 Å². The Morgan fingerprint density at radius 2 is 1.85 bits per heavy atom. The predicted molar refractivity (Wildman–Crippen MR) is 105 cm³/mol. The number of hydrogen-bond acceptors (Lipinski definition) is 4. The number of nitrogens with one attached hydrogen (secondary N) is 1. The van der Waals surface area contributed by atoms with Crippen LogP contribution in [0.25, 0.3) is 10.8 Å². The Kier molecular flexibility index (Phi) is 4.05. The second kappa shape index (κ2) is 6.17. The lowest BCUT2D eigenvalue weighted by Gasteiger charge is -2.16. The minimum absolute atomic E-state index is 0.199. The van der Waals surface area contributed by atoms with Crippen molar-refractivity contribution in [3.63, 3.8) is 0 Å². The second-order valence-electron chi connectivity index (χ2n) is 6.99. The van der Waals surface area contributed by atoms with Gasteiger partial charge in [-0.05, 0) is 60.7 Å². The van der Waals surface area contributed by atoms with Crippen LogP contribution in [0.5, 0.6) is 0 Å². The number of hydrogen-bond donors (Lipinski definition) is 2. The SMILES string of the molecule is Cc1cc2c(Cc3ccc4c(c3)CCN4S(N)(=O)=O)n[nH]c(=O)c2cc1C. The molecule has 4 rings (SSSR count). The monoisotopic (exact) mass is 384 g/mol. The first-order valence-electron chi connectivity index (χ1n) is 8.65. The molecule has 8 heteroatoms. The number of nitrogens with two attached hydrogens (primary N) is 1. The van der Waals surface area contributed by atoms with Crippen molar-refractivity contribution in [3.8, 4) is 0 Å². The van der Waals surface area contributed by atoms with E-state index in [1.54, 1.807) is 6.07 Å². The molecule has 2 aromatic carbocycles. The molecule has 140 valence electrons. The highest BCUT2D eigenvalue weighted by Crippen LogP contribution is 2.31. The van der Waals surface area contributed by atoms with Crippen LogP contribution in [-0.2, 0) is 23.1 Å². The summed E-state index contributed by atoms with van der Waals surface area (Å²) in [6.07, 6.45) is 1.16. The molecule has 1 aromatic heterocycles. The van der Waals surface area contributed by atoms with Crippen molar-refractivity contribution in [2.45, 2.75) is 26.7 Å². The molecule has 0 aliphatic carbocycles. The smallest absolute Gasteiger partial charge is 0.267 e. The van der Waals surface area contributed by atoms with Gasteiger partial charge in [0.1, 0.15) is 0 Å². The number of aryl methyl sites for hydroxylation is 2. The summed E-state index contributed by atoms with van der Waals surface area (Å²) in [6, 6.07) is 9.53. The fourth-order valence-electron chi connectivity index (χ4n) is 3.61. The van der Waals surface area contributed by atoms with E-state index in [-0.39, 0.29) is 5.56 Å². The van der Waals surface area contributed by atoms with Crippen LogP contribution in [0.4, 0.5) is 5.69 Å². The second-order valence-corrected chi connectivity index (χ2v) is 8.46. The summed E-state index contributed by atoms with van der Waals surface area (Å²) in [5.41, 5.74) is 5.33. The largest absolute Gasteiger partial charge is 0.299 e. The van der Waals surface area contributed by atoms with E-state index in [9.17, 15) is 13.2 Å². The van der Waals surface area contributed by atoms with Gasteiger partial charge in [0.05, 0.1) is 16.8 Å². The Morgan fingerprint density at radius 3 is 2.56 bits per heavy atom. The number of anilines is 1. The molecule has 0 saturated carbocycles. The predicted octanol–water partition coefficient (Wildman–Crippen LogP) is 1.70. The van der Waals surface area contributed by atoms with Crippen molar-refractivity contribution in [1.29, 1.82) is 0 Å². The molecule has 7 nitrogen and oxygen atoms in total. The van der Waals surface area contributed by atoms with Crippen LogP contribution < -0.4 is 15.0 Å². The maximum atomic E-state index is 12.1. The van der Waals surface area contributed by atoms with E-state index in [0.29, 0.717) is 30.5 Å². The number of fused-ring (bicyclic) bond motifs is 2. The third kappa shape index (κ3) is 3.11. The Hall–Kier alpha value is -2.71. The minimum Gasteiger partial charge on any atom is -0.267 e. The normalized spacial score (nSPS) is 14.0. The molecule has 1 aliphatic rings. The van der Waals surface area contributed by atoms with E-state index < -0.39 is 10.2 Å². The van der Waals surface area contributed by atoms with Crippen LogP contribution in [-0.4, -0.2) is 25.2 Å². The highest BCUT2D eigenvalue weighted by molar-refractivity contribution is 7.90. The van der Waals surface area contributed by atoms with Gasteiger partial charge in [-0.1, -0.05) is 12.1 Å². The molecular formula is C19H20N4O3S. The van der Waals surface area contributed by atoms with E-state index in [4.69, 9.17) is 5.14 Å². The summed E-state index contributed by atoms with van der Waals surface area (Å²) in [7, 11) is -3.75. The molecule has 0 spiro atoms. The Morgan fingerprint density at radius 1 is 1.15 bits per heavy atom. The summed E-state index contributed by atoms with van der Waals surface area (Å²) >= 11 is 0. The fraction of sp³-hybridized carbons (Fsp3) is 0.263. The Bertz CT molecular complexity index is 1230. The highest BCUT2D eigenvalue weighted by atomic mass is 32.2. The Labute approximate surface area is 157 Å². The number of aromatic nitrogens is 2. The van der Waals surface area contributed by atoms with Gasteiger partial charge in [0, 0.05) is 18.4 Å². The van der Waals surface area contributed by atoms with Gasteiger partial charge in [0.25, 0.3) is 15.8 Å². The van der Waals surface area contributed by atoms with Crippen molar-refractivity contribution in [2.75, 3.05) is 10.8 Å². The molecule has 0 fully saturated rings. The Balaban J connectivity index is 1.75. The van der Waals surface area contributed by atoms with Gasteiger partial charge in [-0.25, -0.2) is 10.2 Å². The van der Waals surface area contributed by atoms with E-state index in [1.807, 2.05) is 38.1 Å². The number of H-pyrrole nitrogens is 1. The van der Waals surface area contributed by atoms with E-state index in [1.165, 1.54) is 4.31 Å². The van der Waals surface area contributed by atoms with Gasteiger partial charge in [0.15, 0.2) is 0 Å². The third-order valence-corrected chi connectivity index (χ3v) is 6.15. The van der Waals surface area contributed by atoms with Gasteiger partial charge in [-0.15, -0.1) is 0 Å². The summed E-state index contributed by atoms with van der Waals surface area (Å²) in [6.45, 7) is 4.35. The molecule has 1 aliphatic heterocycles. The lowest BCUT2D eigenvalue weighted by Crippen LogP contribution is -2.35. The van der Waals surface area contributed by atoms with E-state index >= 15 is 0 Å². The van der Waals surface area contributed by atoms with Crippen molar-refractivity contribution in [2.24, 2.45) is 5.14 Å². The van der Waals surface area contributed by atoms with Crippen molar-refractivity contribution in [3.05, 3.63) is 68.6 Å². The number of rotatable bonds is 3. The maximum Gasteiger partial charge on any atom is 0.299 e. The number of benzene rings is 2. The third-order valence-electron chi connectivity index (χ3n) is 5.16. The summed E-state index contributed by atoms with van der Waals surface area (Å²) < 4.78 is 24.6. The van der Waals surface area contributed by atoms with Crippen LogP contribution in [0.2, 0.25) is 0 Å². The molecule has 3 aromatic rings. The first-order chi connectivity index (χ1) is 12.7. The van der Waals surface area contributed by atoms with Gasteiger partial charge in [-0.2, -0.15) is 13.5 Å². The van der Waals surface area contributed by atoms with Crippen molar-refractivity contribution >= 4 is 26.7 Å². The molecule has 0 bridgehead atoms. The van der Waals surface area contributed by atoms with Crippen molar-refractivity contribution < 1.29 is 8.42 Å². The first kappa shape index (κ1) is 17.7. The standard InChI is InChI=1S/C19H20N4O3S/c1-11-7-15-16(8-12(11)2)19(24)22-21-17(15)10-13-3-4-18-14(9-13)5-6-23(18)27(20,25)26/h3-4,7-9H,5-6,10H2,1-2H3,(H,22,24)(H2,20,25,26). The topological polar surface area (TPSA) is 109 Å². The lowest BCUT2D eigenvalue weighted by atomic mass is 9.99. The van der Waals surface area contributed by atoms with E-state index in [2.05, 4.69) is 10.2 Å². The maximum absolute atomic E-state index is 12.1. The molecule has 3 N–H and O–H groups in total. The molecule has 2 heterocycles. The van der Waals surface area contributed by atoms with Crippen LogP contribution in [0, 0.1) is 13.8 Å². The van der Waals surface area contributed by atoms with Crippen LogP contribution >= 0.6 is 0 Å². The molecule has 0 unspecified atom stereocenters. The summed E-state index contributed by atoms with van der Waals surface area (Å²) in [5.74, 6) is 0. The average Bonchev–Trinajstić information content (AvgIpc) is 3.03. The van der Waals surface area contributed by atoms with Crippen LogP contribution in [0.3, 0.4) is 0 Å². The van der Waals surface area contributed by atoms with Crippen LogP contribution in [0.1, 0.15) is 27.9 Å². The van der Waals surface area contributed by atoms with Gasteiger partial charge in [0.2, 0.25) is 0 Å².